The molecular formula is C16H24ClN3O3. The highest BCUT2D eigenvalue weighted by molar-refractivity contribution is 5.85. The number of hydrogen-bond donors (Lipinski definition) is 2. The summed E-state index contributed by atoms with van der Waals surface area (Å²) in [6, 6.07) is 9.50. The molecule has 1 atom stereocenters. The van der Waals surface area contributed by atoms with Gasteiger partial charge in [0.1, 0.15) is 0 Å². The maximum atomic E-state index is 12.5. The van der Waals surface area contributed by atoms with Crippen molar-refractivity contribution in [3.05, 3.63) is 35.9 Å². The number of amides is 2. The van der Waals surface area contributed by atoms with Crippen LogP contribution < -0.4 is 10.6 Å². The molecule has 1 saturated heterocycles. The molecule has 0 aliphatic carbocycles. The molecule has 2 rings (SSSR count). The first-order valence-corrected chi connectivity index (χ1v) is 7.53. The van der Waals surface area contributed by atoms with Crippen LogP contribution in [0.1, 0.15) is 18.0 Å². The van der Waals surface area contributed by atoms with Crippen molar-refractivity contribution in [1.82, 2.24) is 15.5 Å². The van der Waals surface area contributed by atoms with Crippen molar-refractivity contribution in [1.29, 1.82) is 0 Å². The van der Waals surface area contributed by atoms with Gasteiger partial charge < -0.3 is 20.3 Å². The zero-order valence-electron chi connectivity index (χ0n) is 13.3. The fourth-order valence-corrected chi connectivity index (χ4v) is 2.57. The van der Waals surface area contributed by atoms with Crippen LogP contribution in [-0.2, 0) is 14.3 Å². The molecule has 1 aromatic carbocycles. The van der Waals surface area contributed by atoms with Crippen molar-refractivity contribution >= 4 is 24.2 Å². The molecule has 1 fully saturated rings. The number of nitrogens with zero attached hydrogens (tertiary/aromatic N) is 1. The number of benzene rings is 1. The van der Waals surface area contributed by atoms with E-state index in [0.29, 0.717) is 32.7 Å². The van der Waals surface area contributed by atoms with Gasteiger partial charge in [0.05, 0.1) is 25.6 Å². The second kappa shape index (κ2) is 10.2. The molecule has 1 aliphatic rings. The van der Waals surface area contributed by atoms with Crippen molar-refractivity contribution in [2.75, 3.05) is 39.9 Å². The van der Waals surface area contributed by atoms with Crippen LogP contribution in [0.25, 0.3) is 0 Å². The Balaban J connectivity index is 0.00000264. The predicted octanol–water partition coefficient (Wildman–Crippen LogP) is 0.734. The minimum absolute atomic E-state index is 0. The molecule has 1 heterocycles. The Morgan fingerprint density at radius 3 is 2.83 bits per heavy atom. The Morgan fingerprint density at radius 1 is 1.39 bits per heavy atom. The highest BCUT2D eigenvalue weighted by Gasteiger charge is 2.29. The van der Waals surface area contributed by atoms with Crippen LogP contribution in [0.5, 0.6) is 0 Å². The Labute approximate surface area is 143 Å². The van der Waals surface area contributed by atoms with Gasteiger partial charge in [-0.2, -0.15) is 0 Å². The van der Waals surface area contributed by atoms with Crippen LogP contribution in [-0.4, -0.2) is 56.6 Å². The number of halogens is 1. The van der Waals surface area contributed by atoms with Crippen LogP contribution in [0.4, 0.5) is 0 Å². The van der Waals surface area contributed by atoms with E-state index >= 15 is 0 Å². The summed E-state index contributed by atoms with van der Waals surface area (Å²) in [7, 11) is 1.63. The first-order chi connectivity index (χ1) is 10.7. The third-order valence-corrected chi connectivity index (χ3v) is 3.69. The van der Waals surface area contributed by atoms with Gasteiger partial charge in [-0.15, -0.1) is 12.4 Å². The lowest BCUT2D eigenvalue weighted by Gasteiger charge is -2.29. The molecule has 0 aromatic heterocycles. The fourth-order valence-electron chi connectivity index (χ4n) is 2.57. The van der Waals surface area contributed by atoms with E-state index in [0.717, 1.165) is 5.56 Å². The SMILES string of the molecule is COCCNCC(=O)N1CCNC(=O)CC1c1ccccc1.Cl. The Hall–Kier alpha value is -1.63. The van der Waals surface area contributed by atoms with Gasteiger partial charge in [-0.05, 0) is 5.56 Å². The van der Waals surface area contributed by atoms with Gasteiger partial charge in [0.15, 0.2) is 0 Å². The van der Waals surface area contributed by atoms with Crippen LogP contribution >= 0.6 is 12.4 Å². The molecule has 0 radical (unpaired) electrons. The maximum absolute atomic E-state index is 12.5. The van der Waals surface area contributed by atoms with Crippen LogP contribution in [0.15, 0.2) is 30.3 Å². The summed E-state index contributed by atoms with van der Waals surface area (Å²) in [6.45, 7) is 2.46. The lowest BCUT2D eigenvalue weighted by atomic mass is 10.0. The van der Waals surface area contributed by atoms with E-state index in [1.165, 1.54) is 0 Å². The molecule has 23 heavy (non-hydrogen) atoms. The molecule has 7 heteroatoms. The second-order valence-electron chi connectivity index (χ2n) is 5.24. The van der Waals surface area contributed by atoms with Gasteiger partial charge >= 0.3 is 0 Å². The third kappa shape index (κ3) is 5.82. The number of rotatable bonds is 6. The number of nitrogens with one attached hydrogen (secondary N) is 2. The highest BCUT2D eigenvalue weighted by Crippen LogP contribution is 2.25. The minimum Gasteiger partial charge on any atom is -0.383 e. The van der Waals surface area contributed by atoms with Gasteiger partial charge in [0.25, 0.3) is 0 Å². The average molecular weight is 342 g/mol. The molecule has 2 N–H and O–H groups in total. The standard InChI is InChI=1S/C16H23N3O3.ClH/c1-22-10-8-17-12-16(21)19-9-7-18-15(20)11-14(19)13-5-3-2-4-6-13;/h2-6,14,17H,7-12H2,1H3,(H,18,20);1H. The molecule has 128 valence electrons. The zero-order chi connectivity index (χ0) is 15.8. The normalized spacial score (nSPS) is 17.9. The summed E-state index contributed by atoms with van der Waals surface area (Å²) in [6.07, 6.45) is 0.299. The lowest BCUT2D eigenvalue weighted by Crippen LogP contribution is -2.42. The Morgan fingerprint density at radius 2 is 2.13 bits per heavy atom. The summed E-state index contributed by atoms with van der Waals surface area (Å²) in [5.74, 6) is -0.0158. The van der Waals surface area contributed by atoms with E-state index < -0.39 is 0 Å². The van der Waals surface area contributed by atoms with E-state index in [2.05, 4.69) is 10.6 Å². The first-order valence-electron chi connectivity index (χ1n) is 7.53. The quantitative estimate of drug-likeness (QED) is 0.749. The summed E-state index contributed by atoms with van der Waals surface area (Å²) >= 11 is 0. The van der Waals surface area contributed by atoms with Crippen LogP contribution in [0.3, 0.4) is 0 Å². The first kappa shape index (κ1) is 19.4. The van der Waals surface area contributed by atoms with Gasteiger partial charge in [-0.1, -0.05) is 30.3 Å². The predicted molar refractivity (Wildman–Crippen MR) is 90.5 cm³/mol. The summed E-state index contributed by atoms with van der Waals surface area (Å²) in [5.41, 5.74) is 0.991. The van der Waals surface area contributed by atoms with Crippen LogP contribution in [0, 0.1) is 0 Å². The average Bonchev–Trinajstić information content (AvgIpc) is 2.74. The largest absolute Gasteiger partial charge is 0.383 e. The monoisotopic (exact) mass is 341 g/mol. The molecule has 6 nitrogen and oxygen atoms in total. The number of hydrogen-bond acceptors (Lipinski definition) is 4. The topological polar surface area (TPSA) is 70.7 Å². The number of carbonyl (C=O) groups excluding carboxylic acids is 2. The number of methoxy groups -OCH3 is 1. The molecule has 2 amide bonds. The molecule has 1 aliphatic heterocycles. The minimum atomic E-state index is -0.208. The summed E-state index contributed by atoms with van der Waals surface area (Å²) in [5, 5.41) is 5.90. The lowest BCUT2D eigenvalue weighted by molar-refractivity contribution is -0.132. The van der Waals surface area contributed by atoms with E-state index in [9.17, 15) is 9.59 Å². The van der Waals surface area contributed by atoms with E-state index in [1.54, 1.807) is 12.0 Å². The van der Waals surface area contributed by atoms with Gasteiger partial charge in [0, 0.05) is 26.7 Å². The Bertz CT molecular complexity index is 499. The smallest absolute Gasteiger partial charge is 0.237 e. The number of ether oxygens (including phenoxy) is 1. The summed E-state index contributed by atoms with van der Waals surface area (Å²) in [4.78, 5) is 26.1. The molecule has 0 saturated carbocycles. The molecule has 0 spiro atoms. The Kier molecular flexibility index (Phi) is 8.61. The second-order valence-corrected chi connectivity index (χ2v) is 5.24. The molecule has 0 bridgehead atoms. The summed E-state index contributed by atoms with van der Waals surface area (Å²) < 4.78 is 4.95. The van der Waals surface area contributed by atoms with Gasteiger partial charge in [0.2, 0.25) is 11.8 Å². The van der Waals surface area contributed by atoms with Crippen molar-refractivity contribution in [3.63, 3.8) is 0 Å². The third-order valence-electron chi connectivity index (χ3n) is 3.69. The number of carbonyl (C=O) groups is 2. The zero-order valence-corrected chi connectivity index (χ0v) is 14.1. The van der Waals surface area contributed by atoms with E-state index in [4.69, 9.17) is 4.74 Å². The van der Waals surface area contributed by atoms with Crippen molar-refractivity contribution < 1.29 is 14.3 Å². The fraction of sp³-hybridized carbons (Fsp3) is 0.500. The van der Waals surface area contributed by atoms with Crippen LogP contribution in [0.2, 0.25) is 0 Å². The van der Waals surface area contributed by atoms with E-state index in [-0.39, 0.29) is 36.8 Å². The molecule has 1 aromatic rings. The highest BCUT2D eigenvalue weighted by atomic mass is 35.5. The van der Waals surface area contributed by atoms with Gasteiger partial charge in [-0.3, -0.25) is 9.59 Å². The van der Waals surface area contributed by atoms with Crippen molar-refractivity contribution in [3.8, 4) is 0 Å². The van der Waals surface area contributed by atoms with Gasteiger partial charge in [-0.25, -0.2) is 0 Å². The molecule has 1 unspecified atom stereocenters. The van der Waals surface area contributed by atoms with Crippen molar-refractivity contribution in [2.45, 2.75) is 12.5 Å². The van der Waals surface area contributed by atoms with E-state index in [1.807, 2.05) is 30.3 Å². The maximum Gasteiger partial charge on any atom is 0.237 e. The molecular weight excluding hydrogens is 318 g/mol. The van der Waals surface area contributed by atoms with Crippen molar-refractivity contribution in [2.24, 2.45) is 0 Å².